The lowest BCUT2D eigenvalue weighted by atomic mass is 9.99. The monoisotopic (exact) mass is 207 g/mol. The molecule has 1 aromatic heterocycles. The van der Waals surface area contributed by atoms with Crippen LogP contribution >= 0.6 is 0 Å². The fraction of sp³-hybridized carbons (Fsp3) is 0.643. The normalized spacial score (nSPS) is 10.2. The van der Waals surface area contributed by atoms with Crippen LogP contribution in [0.5, 0.6) is 0 Å². The number of aryl methyl sites for hydroxylation is 1. The summed E-state index contributed by atoms with van der Waals surface area (Å²) in [6.07, 6.45) is 2.01. The lowest BCUT2D eigenvalue weighted by Crippen LogP contribution is -1.99. The number of rotatable bonds is 2. The molecule has 0 radical (unpaired) electrons. The first-order valence-corrected chi connectivity index (χ1v) is 5.98. The van der Waals surface area contributed by atoms with E-state index in [-0.39, 0.29) is 0 Å². The van der Waals surface area contributed by atoms with Gasteiger partial charge < -0.3 is 0 Å². The summed E-state index contributed by atoms with van der Waals surface area (Å²) in [5, 5.41) is 0. The summed E-state index contributed by atoms with van der Waals surface area (Å²) in [5.41, 5.74) is 3.88. The SMILES string of the molecule is CC.Cc1cc(C(C)C)cnc1C(C)C. The number of hydrogen-bond acceptors (Lipinski definition) is 1. The molecule has 0 N–H and O–H groups in total. The molecule has 1 nitrogen and oxygen atoms in total. The van der Waals surface area contributed by atoms with Crippen LogP contribution in [0, 0.1) is 6.92 Å². The molecule has 0 saturated carbocycles. The van der Waals surface area contributed by atoms with Crippen LogP contribution in [-0.4, -0.2) is 4.98 Å². The quantitative estimate of drug-likeness (QED) is 0.687. The highest BCUT2D eigenvalue weighted by atomic mass is 14.7. The highest BCUT2D eigenvalue weighted by Gasteiger charge is 2.07. The van der Waals surface area contributed by atoms with E-state index >= 15 is 0 Å². The third-order valence-electron chi connectivity index (χ3n) is 2.35. The van der Waals surface area contributed by atoms with E-state index in [4.69, 9.17) is 0 Å². The van der Waals surface area contributed by atoms with Crippen molar-refractivity contribution in [3.63, 3.8) is 0 Å². The Labute approximate surface area is 94.9 Å². The van der Waals surface area contributed by atoms with Gasteiger partial charge in [-0.25, -0.2) is 0 Å². The van der Waals surface area contributed by atoms with Crippen molar-refractivity contribution in [3.8, 4) is 0 Å². The van der Waals surface area contributed by atoms with Crippen molar-refractivity contribution in [3.05, 3.63) is 29.1 Å². The van der Waals surface area contributed by atoms with Crippen LogP contribution in [0.25, 0.3) is 0 Å². The molecule has 86 valence electrons. The molecular formula is C14H25N. The molecule has 1 heteroatoms. The second-order valence-corrected chi connectivity index (χ2v) is 4.28. The first-order chi connectivity index (χ1) is 7.02. The van der Waals surface area contributed by atoms with Gasteiger partial charge in [-0.2, -0.15) is 0 Å². The van der Waals surface area contributed by atoms with Crippen LogP contribution < -0.4 is 0 Å². The fourth-order valence-corrected chi connectivity index (χ4v) is 1.53. The molecule has 0 amide bonds. The molecule has 0 bridgehead atoms. The number of hydrogen-bond donors (Lipinski definition) is 0. The van der Waals surface area contributed by atoms with E-state index in [1.807, 2.05) is 20.0 Å². The Morgan fingerprint density at radius 1 is 1.00 bits per heavy atom. The van der Waals surface area contributed by atoms with Crippen molar-refractivity contribution >= 4 is 0 Å². The van der Waals surface area contributed by atoms with E-state index in [0.29, 0.717) is 11.8 Å². The highest BCUT2D eigenvalue weighted by Crippen LogP contribution is 2.20. The van der Waals surface area contributed by atoms with Gasteiger partial charge in [0.1, 0.15) is 0 Å². The molecule has 0 fully saturated rings. The third-order valence-corrected chi connectivity index (χ3v) is 2.35. The molecule has 0 saturated heterocycles. The van der Waals surface area contributed by atoms with E-state index in [9.17, 15) is 0 Å². The standard InChI is InChI=1S/C12H19N.C2H6/c1-8(2)11-6-10(5)12(9(3)4)13-7-11;1-2/h6-9H,1-5H3;1-2H3. The largest absolute Gasteiger partial charge is 0.260 e. The predicted octanol–water partition coefficient (Wildman–Crippen LogP) is 4.66. The molecule has 0 unspecified atom stereocenters. The van der Waals surface area contributed by atoms with E-state index in [1.54, 1.807) is 0 Å². The zero-order valence-corrected chi connectivity index (χ0v) is 11.3. The molecular weight excluding hydrogens is 182 g/mol. The molecule has 15 heavy (non-hydrogen) atoms. The molecule has 0 spiro atoms. The van der Waals surface area contributed by atoms with Crippen molar-refractivity contribution in [2.45, 2.75) is 60.3 Å². The van der Waals surface area contributed by atoms with Crippen LogP contribution in [0.1, 0.15) is 70.2 Å². The van der Waals surface area contributed by atoms with E-state index in [2.05, 4.69) is 45.7 Å². The van der Waals surface area contributed by atoms with Crippen LogP contribution in [0.15, 0.2) is 12.3 Å². The Morgan fingerprint density at radius 2 is 1.53 bits per heavy atom. The van der Waals surface area contributed by atoms with Crippen LogP contribution in [0.4, 0.5) is 0 Å². The molecule has 0 atom stereocenters. The average molecular weight is 207 g/mol. The average Bonchev–Trinajstić information content (AvgIpc) is 2.20. The Morgan fingerprint density at radius 3 is 1.87 bits per heavy atom. The fourth-order valence-electron chi connectivity index (χ4n) is 1.53. The van der Waals surface area contributed by atoms with Crippen molar-refractivity contribution < 1.29 is 0 Å². The van der Waals surface area contributed by atoms with Crippen molar-refractivity contribution in [1.82, 2.24) is 4.98 Å². The third kappa shape index (κ3) is 4.03. The highest BCUT2D eigenvalue weighted by molar-refractivity contribution is 5.27. The van der Waals surface area contributed by atoms with Crippen LogP contribution in [-0.2, 0) is 0 Å². The predicted molar refractivity (Wildman–Crippen MR) is 68.5 cm³/mol. The number of nitrogens with zero attached hydrogens (tertiary/aromatic N) is 1. The lowest BCUT2D eigenvalue weighted by molar-refractivity contribution is 0.791. The van der Waals surface area contributed by atoms with Crippen molar-refractivity contribution in [2.24, 2.45) is 0 Å². The minimum Gasteiger partial charge on any atom is -0.260 e. The van der Waals surface area contributed by atoms with Gasteiger partial charge in [0.25, 0.3) is 0 Å². The van der Waals surface area contributed by atoms with Gasteiger partial charge in [-0.1, -0.05) is 47.6 Å². The maximum absolute atomic E-state index is 4.50. The smallest absolute Gasteiger partial charge is 0.0458 e. The Kier molecular flexibility index (Phi) is 6.23. The summed E-state index contributed by atoms with van der Waals surface area (Å²) in [5.74, 6) is 1.11. The molecule has 0 aromatic carbocycles. The second kappa shape index (κ2) is 6.60. The Balaban J connectivity index is 0.000000921. The topological polar surface area (TPSA) is 12.9 Å². The number of pyridine rings is 1. The molecule has 0 aliphatic carbocycles. The Bertz CT molecular complexity index is 287. The Hall–Kier alpha value is -0.850. The molecule has 0 aliphatic rings. The van der Waals surface area contributed by atoms with Gasteiger partial charge >= 0.3 is 0 Å². The molecule has 1 aromatic rings. The molecule has 1 heterocycles. The van der Waals surface area contributed by atoms with E-state index in [1.165, 1.54) is 16.8 Å². The summed E-state index contributed by atoms with van der Waals surface area (Å²) in [6.45, 7) is 14.9. The summed E-state index contributed by atoms with van der Waals surface area (Å²) in [6, 6.07) is 2.26. The maximum atomic E-state index is 4.50. The van der Waals surface area contributed by atoms with E-state index < -0.39 is 0 Å². The summed E-state index contributed by atoms with van der Waals surface area (Å²) in [4.78, 5) is 4.50. The van der Waals surface area contributed by atoms with Gasteiger partial charge in [-0.15, -0.1) is 0 Å². The maximum Gasteiger partial charge on any atom is 0.0458 e. The molecule has 1 rings (SSSR count). The van der Waals surface area contributed by atoms with Gasteiger partial charge in [0.2, 0.25) is 0 Å². The summed E-state index contributed by atoms with van der Waals surface area (Å²) >= 11 is 0. The molecule has 0 aliphatic heterocycles. The van der Waals surface area contributed by atoms with Crippen LogP contribution in [0.3, 0.4) is 0 Å². The summed E-state index contributed by atoms with van der Waals surface area (Å²) < 4.78 is 0. The minimum atomic E-state index is 0.529. The van der Waals surface area contributed by atoms with Gasteiger partial charge in [-0.05, 0) is 29.9 Å². The van der Waals surface area contributed by atoms with Gasteiger partial charge in [0.05, 0.1) is 0 Å². The number of aromatic nitrogens is 1. The van der Waals surface area contributed by atoms with Gasteiger partial charge in [0.15, 0.2) is 0 Å². The van der Waals surface area contributed by atoms with Crippen molar-refractivity contribution in [1.29, 1.82) is 0 Å². The van der Waals surface area contributed by atoms with Crippen LogP contribution in [0.2, 0.25) is 0 Å². The van der Waals surface area contributed by atoms with Gasteiger partial charge in [0, 0.05) is 11.9 Å². The first kappa shape index (κ1) is 14.2. The first-order valence-electron chi connectivity index (χ1n) is 5.98. The van der Waals surface area contributed by atoms with E-state index in [0.717, 1.165) is 0 Å². The van der Waals surface area contributed by atoms with Crippen molar-refractivity contribution in [2.75, 3.05) is 0 Å². The zero-order chi connectivity index (χ0) is 12.0. The lowest BCUT2D eigenvalue weighted by Gasteiger charge is -2.11. The zero-order valence-electron chi connectivity index (χ0n) is 11.3. The minimum absolute atomic E-state index is 0.529. The van der Waals surface area contributed by atoms with Gasteiger partial charge in [-0.3, -0.25) is 4.98 Å². The summed E-state index contributed by atoms with van der Waals surface area (Å²) in [7, 11) is 0. The second-order valence-electron chi connectivity index (χ2n) is 4.28.